The number of pyridine rings is 2. The van der Waals surface area contributed by atoms with Gasteiger partial charge in [-0.25, -0.2) is 9.97 Å². The van der Waals surface area contributed by atoms with Crippen molar-refractivity contribution < 1.29 is 9.59 Å². The lowest BCUT2D eigenvalue weighted by Crippen LogP contribution is -2.07. The van der Waals surface area contributed by atoms with Gasteiger partial charge in [-0.15, -0.1) is 0 Å². The quantitative estimate of drug-likeness (QED) is 0.670. The van der Waals surface area contributed by atoms with E-state index in [-0.39, 0.29) is 11.8 Å². The Morgan fingerprint density at radius 1 is 0.957 bits per heavy atom. The van der Waals surface area contributed by atoms with Crippen LogP contribution < -0.4 is 22.1 Å². The van der Waals surface area contributed by atoms with Crippen molar-refractivity contribution in [3.05, 3.63) is 42.2 Å². The van der Waals surface area contributed by atoms with Gasteiger partial charge in [-0.1, -0.05) is 6.07 Å². The normalized spacial score (nSPS) is 9.35. The first kappa shape index (κ1) is 18.1. The van der Waals surface area contributed by atoms with E-state index in [2.05, 4.69) is 20.6 Å². The van der Waals surface area contributed by atoms with Crippen molar-refractivity contribution in [2.24, 2.45) is 5.73 Å². The molecule has 0 spiro atoms. The monoisotopic (exact) mass is 316 g/mol. The third-order valence-electron chi connectivity index (χ3n) is 2.46. The first-order valence-electron chi connectivity index (χ1n) is 6.82. The second-order valence-corrected chi connectivity index (χ2v) is 4.59. The Morgan fingerprint density at radius 3 is 1.83 bits per heavy atom. The molecule has 8 heteroatoms. The molecular formula is C15H20N6O2. The van der Waals surface area contributed by atoms with Gasteiger partial charge in [-0.3, -0.25) is 9.59 Å². The molecule has 0 radical (unpaired) electrons. The summed E-state index contributed by atoms with van der Waals surface area (Å²) in [5.41, 5.74) is 12.3. The van der Waals surface area contributed by atoms with E-state index in [1.165, 1.54) is 20.0 Å². The number of hydrogen-bond acceptors (Lipinski definition) is 6. The molecule has 0 aliphatic carbocycles. The summed E-state index contributed by atoms with van der Waals surface area (Å²) >= 11 is 0. The largest absolute Gasteiger partial charge is 0.397 e. The molecule has 0 aliphatic rings. The van der Waals surface area contributed by atoms with Gasteiger partial charge in [-0.05, 0) is 23.8 Å². The number of hydrogen-bond donors (Lipinski definition) is 4. The lowest BCUT2D eigenvalue weighted by Gasteiger charge is -2.00. The molecule has 2 amide bonds. The Bertz CT molecular complexity index is 640. The number of nitrogens with two attached hydrogens (primary N) is 2. The topological polar surface area (TPSA) is 136 Å². The molecule has 8 nitrogen and oxygen atoms in total. The van der Waals surface area contributed by atoms with Crippen LogP contribution in [0.3, 0.4) is 0 Å². The number of amides is 2. The molecule has 0 aliphatic heterocycles. The fourth-order valence-corrected chi connectivity index (χ4v) is 1.46. The number of nitrogen functional groups attached to an aromatic ring is 1. The van der Waals surface area contributed by atoms with Crippen LogP contribution in [0.4, 0.5) is 17.3 Å². The predicted molar refractivity (Wildman–Crippen MR) is 89.4 cm³/mol. The van der Waals surface area contributed by atoms with Crippen molar-refractivity contribution in [3.63, 3.8) is 0 Å². The molecule has 2 aromatic heterocycles. The SMILES string of the molecule is CC(=O)Nc1ccc(CN)cn1.CC(=O)Nc1ccc(N)cn1. The second kappa shape index (κ2) is 9.11. The summed E-state index contributed by atoms with van der Waals surface area (Å²) in [6, 6.07) is 6.89. The van der Waals surface area contributed by atoms with Crippen LogP contribution >= 0.6 is 0 Å². The molecule has 0 saturated carbocycles. The van der Waals surface area contributed by atoms with Gasteiger partial charge in [0.2, 0.25) is 11.8 Å². The highest BCUT2D eigenvalue weighted by Gasteiger charge is 1.96. The lowest BCUT2D eigenvalue weighted by molar-refractivity contribution is -0.115. The molecule has 0 atom stereocenters. The average Bonchev–Trinajstić information content (AvgIpc) is 2.50. The van der Waals surface area contributed by atoms with Crippen molar-refractivity contribution in [3.8, 4) is 0 Å². The average molecular weight is 316 g/mol. The summed E-state index contributed by atoms with van der Waals surface area (Å²) in [6.45, 7) is 3.34. The molecule has 23 heavy (non-hydrogen) atoms. The van der Waals surface area contributed by atoms with Gasteiger partial charge in [0.1, 0.15) is 11.6 Å². The molecular weight excluding hydrogens is 296 g/mol. The Kier molecular flexibility index (Phi) is 7.15. The Balaban J connectivity index is 0.000000231. The van der Waals surface area contributed by atoms with E-state index in [0.29, 0.717) is 23.9 Å². The number of rotatable bonds is 3. The number of anilines is 3. The molecule has 2 aromatic rings. The lowest BCUT2D eigenvalue weighted by atomic mass is 10.3. The smallest absolute Gasteiger partial charge is 0.222 e. The molecule has 0 unspecified atom stereocenters. The maximum atomic E-state index is 10.6. The third kappa shape index (κ3) is 7.53. The van der Waals surface area contributed by atoms with E-state index < -0.39 is 0 Å². The van der Waals surface area contributed by atoms with Crippen molar-refractivity contribution in [2.45, 2.75) is 20.4 Å². The first-order valence-corrected chi connectivity index (χ1v) is 6.82. The van der Waals surface area contributed by atoms with E-state index in [4.69, 9.17) is 11.5 Å². The zero-order valence-electron chi connectivity index (χ0n) is 13.0. The molecule has 6 N–H and O–H groups in total. The van der Waals surface area contributed by atoms with E-state index in [0.717, 1.165) is 5.56 Å². The molecule has 2 rings (SSSR count). The summed E-state index contributed by atoms with van der Waals surface area (Å²) in [5, 5.41) is 5.09. The summed E-state index contributed by atoms with van der Waals surface area (Å²) in [5.74, 6) is 0.816. The van der Waals surface area contributed by atoms with Crippen LogP contribution in [-0.4, -0.2) is 21.8 Å². The van der Waals surface area contributed by atoms with E-state index in [1.807, 2.05) is 6.07 Å². The van der Waals surface area contributed by atoms with Crippen LogP contribution in [-0.2, 0) is 16.1 Å². The van der Waals surface area contributed by atoms with Gasteiger partial charge in [0.05, 0.1) is 11.9 Å². The van der Waals surface area contributed by atoms with Crippen molar-refractivity contribution in [1.82, 2.24) is 9.97 Å². The summed E-state index contributed by atoms with van der Waals surface area (Å²) in [4.78, 5) is 28.9. The second-order valence-electron chi connectivity index (χ2n) is 4.59. The minimum atomic E-state index is -0.137. The highest BCUT2D eigenvalue weighted by molar-refractivity contribution is 5.88. The molecule has 0 saturated heterocycles. The molecule has 0 bridgehead atoms. The Morgan fingerprint density at radius 2 is 1.48 bits per heavy atom. The van der Waals surface area contributed by atoms with Crippen LogP contribution in [0.15, 0.2) is 36.7 Å². The first-order chi connectivity index (χ1) is 10.9. The van der Waals surface area contributed by atoms with E-state index in [1.54, 1.807) is 24.4 Å². The van der Waals surface area contributed by atoms with Gasteiger partial charge >= 0.3 is 0 Å². The number of carbonyl (C=O) groups excluding carboxylic acids is 2. The number of nitrogens with one attached hydrogen (secondary N) is 2. The van der Waals surface area contributed by atoms with Crippen molar-refractivity contribution in [1.29, 1.82) is 0 Å². The Labute approximate surface area is 134 Å². The molecule has 0 aromatic carbocycles. The summed E-state index contributed by atoms with van der Waals surface area (Å²) in [7, 11) is 0. The number of nitrogens with zero attached hydrogens (tertiary/aromatic N) is 2. The summed E-state index contributed by atoms with van der Waals surface area (Å²) < 4.78 is 0. The summed E-state index contributed by atoms with van der Waals surface area (Å²) in [6.07, 6.45) is 3.14. The predicted octanol–water partition coefficient (Wildman–Crippen LogP) is 1.12. The molecule has 2 heterocycles. The van der Waals surface area contributed by atoms with Gasteiger partial charge in [0.15, 0.2) is 0 Å². The Hall–Kier alpha value is -3.00. The number of carbonyl (C=O) groups is 2. The van der Waals surface area contributed by atoms with Gasteiger partial charge in [-0.2, -0.15) is 0 Å². The highest BCUT2D eigenvalue weighted by atomic mass is 16.2. The third-order valence-corrected chi connectivity index (χ3v) is 2.46. The maximum absolute atomic E-state index is 10.6. The van der Waals surface area contributed by atoms with Crippen molar-refractivity contribution >= 4 is 29.1 Å². The van der Waals surface area contributed by atoms with Crippen LogP contribution in [0.2, 0.25) is 0 Å². The van der Waals surface area contributed by atoms with E-state index in [9.17, 15) is 9.59 Å². The van der Waals surface area contributed by atoms with E-state index >= 15 is 0 Å². The maximum Gasteiger partial charge on any atom is 0.222 e. The fourth-order valence-electron chi connectivity index (χ4n) is 1.46. The van der Waals surface area contributed by atoms with Gasteiger partial charge in [0, 0.05) is 26.6 Å². The van der Waals surface area contributed by atoms with Crippen molar-refractivity contribution in [2.75, 3.05) is 16.4 Å². The minimum Gasteiger partial charge on any atom is -0.397 e. The number of aromatic nitrogens is 2. The molecule has 0 fully saturated rings. The van der Waals surface area contributed by atoms with Crippen LogP contribution in [0.1, 0.15) is 19.4 Å². The van der Waals surface area contributed by atoms with Crippen LogP contribution in [0.5, 0.6) is 0 Å². The fraction of sp³-hybridized carbons (Fsp3) is 0.200. The zero-order chi connectivity index (χ0) is 17.2. The molecule has 122 valence electrons. The zero-order valence-corrected chi connectivity index (χ0v) is 13.0. The van der Waals surface area contributed by atoms with Gasteiger partial charge < -0.3 is 22.1 Å². The van der Waals surface area contributed by atoms with Crippen LogP contribution in [0, 0.1) is 0 Å². The standard InChI is InChI=1S/C8H11N3O.C7H9N3O/c1-6(12)11-8-3-2-7(4-9)5-10-8;1-5(11)10-7-3-2-6(8)4-9-7/h2-3,5H,4,9H2,1H3,(H,10,11,12);2-4H,8H2,1H3,(H,9,10,11). The van der Waals surface area contributed by atoms with Gasteiger partial charge in [0.25, 0.3) is 0 Å². The minimum absolute atomic E-state index is 0.122. The highest BCUT2D eigenvalue weighted by Crippen LogP contribution is 2.05. The van der Waals surface area contributed by atoms with Crippen LogP contribution in [0.25, 0.3) is 0 Å².